The molecule has 4 heteroatoms. The zero-order valence-corrected chi connectivity index (χ0v) is 42.3. The van der Waals surface area contributed by atoms with E-state index in [2.05, 4.69) is 258 Å². The first-order valence-corrected chi connectivity index (χ1v) is 25.9. The third-order valence-electron chi connectivity index (χ3n) is 16.9. The minimum absolute atomic E-state index is 0.327. The fraction of sp³-hybridized carbons (Fsp3) is 0.114. The van der Waals surface area contributed by atoms with Gasteiger partial charge in [-0.1, -0.05) is 179 Å². The molecule has 2 aromatic heterocycles. The Morgan fingerprint density at radius 2 is 0.649 bits per heavy atom. The molecule has 0 amide bonds. The van der Waals surface area contributed by atoms with Gasteiger partial charge >= 0.3 is 0 Å². The maximum absolute atomic E-state index is 6.82. The number of hydrogen-bond acceptors (Lipinski definition) is 4. The van der Waals surface area contributed by atoms with Crippen LogP contribution in [-0.2, 0) is 10.8 Å². The Bertz CT molecular complexity index is 4260. The summed E-state index contributed by atoms with van der Waals surface area (Å²) in [6, 6.07) is 75.7. The summed E-state index contributed by atoms with van der Waals surface area (Å²) in [5.74, 6) is 0. The molecule has 0 aliphatic heterocycles. The van der Waals surface area contributed by atoms with Crippen LogP contribution < -0.4 is 9.80 Å². The molecule has 0 atom stereocenters. The van der Waals surface area contributed by atoms with Gasteiger partial charge in [0.05, 0.1) is 22.7 Å². The second kappa shape index (κ2) is 15.3. The number of anilines is 6. The zero-order valence-electron chi connectivity index (χ0n) is 42.3. The van der Waals surface area contributed by atoms with Crippen molar-refractivity contribution in [3.05, 3.63) is 240 Å². The molecule has 13 aromatic rings. The Hall–Kier alpha value is -8.86. The molecule has 0 bridgehead atoms. The molecule has 2 aliphatic rings. The van der Waals surface area contributed by atoms with E-state index in [1.54, 1.807) is 0 Å². The van der Waals surface area contributed by atoms with Gasteiger partial charge in [0, 0.05) is 54.5 Å². The Kier molecular flexibility index (Phi) is 8.87. The maximum atomic E-state index is 6.82. The van der Waals surface area contributed by atoms with Crippen LogP contribution in [0.5, 0.6) is 0 Å². The summed E-state index contributed by atoms with van der Waals surface area (Å²) in [6.45, 7) is 14.2. The second-order valence-electron chi connectivity index (χ2n) is 21.7. The van der Waals surface area contributed by atoms with E-state index in [9.17, 15) is 0 Å². The number of benzene rings is 11. The predicted molar refractivity (Wildman–Crippen MR) is 310 cm³/mol. The molecule has 0 spiro atoms. The highest BCUT2D eigenvalue weighted by Gasteiger charge is 2.44. The fourth-order valence-corrected chi connectivity index (χ4v) is 13.2. The number of rotatable bonds is 6. The van der Waals surface area contributed by atoms with E-state index in [0.717, 1.165) is 78.0 Å². The molecule has 0 saturated heterocycles. The molecule has 74 heavy (non-hydrogen) atoms. The summed E-state index contributed by atoms with van der Waals surface area (Å²) in [5.41, 5.74) is 22.4. The van der Waals surface area contributed by atoms with Crippen molar-refractivity contribution in [1.82, 2.24) is 0 Å². The van der Waals surface area contributed by atoms with Crippen LogP contribution in [0.4, 0.5) is 34.1 Å². The van der Waals surface area contributed by atoms with Crippen LogP contribution in [0.2, 0.25) is 0 Å². The molecule has 0 saturated carbocycles. The lowest BCUT2D eigenvalue weighted by molar-refractivity contribution is 0.639. The quantitative estimate of drug-likeness (QED) is 0.166. The Balaban J connectivity index is 0.964. The monoisotopic (exact) mass is 952 g/mol. The van der Waals surface area contributed by atoms with Gasteiger partial charge in [-0.3, -0.25) is 0 Å². The minimum atomic E-state index is -0.327. The summed E-state index contributed by atoms with van der Waals surface area (Å²) >= 11 is 0. The summed E-state index contributed by atoms with van der Waals surface area (Å²) < 4.78 is 13.6. The number of para-hydroxylation sites is 6. The van der Waals surface area contributed by atoms with Crippen molar-refractivity contribution in [3.63, 3.8) is 0 Å². The van der Waals surface area contributed by atoms with Crippen LogP contribution >= 0.6 is 0 Å². The average Bonchev–Trinajstić information content (AvgIpc) is 4.14. The molecule has 354 valence electrons. The van der Waals surface area contributed by atoms with E-state index in [0.29, 0.717) is 0 Å². The van der Waals surface area contributed by atoms with Crippen molar-refractivity contribution in [3.8, 4) is 22.3 Å². The number of furan rings is 2. The number of nitrogens with zero attached hydrogens (tertiary/aromatic N) is 2. The van der Waals surface area contributed by atoms with E-state index in [4.69, 9.17) is 8.83 Å². The number of aryl methyl sites for hydroxylation is 2. The van der Waals surface area contributed by atoms with Gasteiger partial charge in [0.2, 0.25) is 0 Å². The number of fused-ring (bicyclic) bond motifs is 16. The fourth-order valence-electron chi connectivity index (χ4n) is 13.2. The normalized spacial score (nSPS) is 14.0. The molecule has 0 radical (unpaired) electrons. The lowest BCUT2D eigenvalue weighted by Gasteiger charge is -2.31. The third-order valence-corrected chi connectivity index (χ3v) is 16.9. The van der Waals surface area contributed by atoms with Crippen LogP contribution in [0.1, 0.15) is 61.1 Å². The van der Waals surface area contributed by atoms with E-state index < -0.39 is 0 Å². The smallest absolute Gasteiger partial charge is 0.159 e. The van der Waals surface area contributed by atoms with E-state index >= 15 is 0 Å². The second-order valence-corrected chi connectivity index (χ2v) is 21.7. The van der Waals surface area contributed by atoms with Crippen molar-refractivity contribution in [1.29, 1.82) is 0 Å². The van der Waals surface area contributed by atoms with Gasteiger partial charge in [-0.25, -0.2) is 0 Å². The molecule has 2 aliphatic carbocycles. The van der Waals surface area contributed by atoms with Crippen LogP contribution in [0, 0.1) is 13.8 Å². The Morgan fingerprint density at radius 1 is 0.297 bits per heavy atom. The first-order chi connectivity index (χ1) is 36.1. The molecule has 2 heterocycles. The van der Waals surface area contributed by atoms with Crippen molar-refractivity contribution >= 4 is 99.5 Å². The standard InChI is InChI=1S/C70H52N2O2/c1-41-21-7-15-31-57(41)71(59-33-19-29-49-45-25-13-17-35-63(45)73-67(49)59)61-39-55-65(47-27-11-9-23-43(47)61)51-37-52-54(38-53(51)69(55,3)4)70(5,6)56-40-62(44-24-10-12-28-48(44)66(52)56)72(58-32-16-8-22-42(58)2)60-34-20-30-50-46-26-14-18-36-64(46)74-68(50)60/h7-40H,1-6H3. The van der Waals surface area contributed by atoms with E-state index in [1.807, 2.05) is 0 Å². The SMILES string of the molecule is Cc1ccccc1N(c1cc2c(c3ccccc13)-c1cc3c(cc1C2(C)C)C(C)(C)c1cc(N(c2ccccc2C)c2cccc4c2oc2ccccc24)c2ccccc2c1-3)c1cccc2c1oc1ccccc12. The Morgan fingerprint density at radius 3 is 1.08 bits per heavy atom. The van der Waals surface area contributed by atoms with Crippen LogP contribution in [-0.4, -0.2) is 0 Å². The molecular weight excluding hydrogens is 901 g/mol. The summed E-state index contributed by atoms with van der Waals surface area (Å²) in [7, 11) is 0. The van der Waals surface area contributed by atoms with Gasteiger partial charge in [0.25, 0.3) is 0 Å². The largest absolute Gasteiger partial charge is 0.454 e. The van der Waals surface area contributed by atoms with Gasteiger partial charge in [0.15, 0.2) is 11.2 Å². The third kappa shape index (κ3) is 5.79. The molecule has 4 nitrogen and oxygen atoms in total. The van der Waals surface area contributed by atoms with Gasteiger partial charge < -0.3 is 18.6 Å². The van der Waals surface area contributed by atoms with Crippen LogP contribution in [0.15, 0.2) is 215 Å². The topological polar surface area (TPSA) is 32.8 Å². The van der Waals surface area contributed by atoms with Crippen molar-refractivity contribution in [2.45, 2.75) is 52.4 Å². The summed E-state index contributed by atoms with van der Waals surface area (Å²) in [4.78, 5) is 4.92. The molecule has 11 aromatic carbocycles. The molecule has 0 unspecified atom stereocenters. The summed E-state index contributed by atoms with van der Waals surface area (Å²) in [6.07, 6.45) is 0. The highest BCUT2D eigenvalue weighted by atomic mass is 16.3. The van der Waals surface area contributed by atoms with Crippen molar-refractivity contribution in [2.75, 3.05) is 9.80 Å². The minimum Gasteiger partial charge on any atom is -0.454 e. The Labute approximate surface area is 430 Å². The molecular formula is C70H52N2O2. The lowest BCUT2D eigenvalue weighted by Crippen LogP contribution is -2.20. The first kappa shape index (κ1) is 42.8. The first-order valence-electron chi connectivity index (χ1n) is 25.9. The van der Waals surface area contributed by atoms with E-state index in [-0.39, 0.29) is 10.8 Å². The predicted octanol–water partition coefficient (Wildman–Crippen LogP) is 20.0. The van der Waals surface area contributed by atoms with Crippen molar-refractivity contribution < 1.29 is 8.83 Å². The maximum Gasteiger partial charge on any atom is 0.159 e. The van der Waals surface area contributed by atoms with Crippen LogP contribution in [0.3, 0.4) is 0 Å². The van der Waals surface area contributed by atoms with Gasteiger partial charge in [0.1, 0.15) is 11.2 Å². The van der Waals surface area contributed by atoms with Gasteiger partial charge in [-0.05, 0) is 135 Å². The highest BCUT2D eigenvalue weighted by molar-refractivity contribution is 6.17. The average molecular weight is 953 g/mol. The van der Waals surface area contributed by atoms with Crippen molar-refractivity contribution in [2.24, 2.45) is 0 Å². The molecule has 0 fully saturated rings. The highest BCUT2D eigenvalue weighted by Crippen LogP contribution is 2.61. The molecule has 0 N–H and O–H groups in total. The van der Waals surface area contributed by atoms with Gasteiger partial charge in [-0.15, -0.1) is 0 Å². The molecule has 15 rings (SSSR count). The summed E-state index contributed by atoms with van der Waals surface area (Å²) in [5, 5.41) is 9.33. The van der Waals surface area contributed by atoms with Gasteiger partial charge in [-0.2, -0.15) is 0 Å². The zero-order chi connectivity index (χ0) is 49.8. The number of hydrogen-bond donors (Lipinski definition) is 0. The van der Waals surface area contributed by atoms with E-state index in [1.165, 1.54) is 77.2 Å². The lowest BCUT2D eigenvalue weighted by atomic mass is 9.77. The van der Waals surface area contributed by atoms with Crippen LogP contribution in [0.25, 0.3) is 87.7 Å².